The van der Waals surface area contributed by atoms with E-state index in [-0.39, 0.29) is 16.4 Å². The van der Waals surface area contributed by atoms with E-state index >= 15 is 0 Å². The first-order chi connectivity index (χ1) is 14.3. The Balaban J connectivity index is 1.70. The zero-order valence-corrected chi connectivity index (χ0v) is 18.0. The monoisotopic (exact) mass is 447 g/mol. The first kappa shape index (κ1) is 21.5. The number of nitrogens with zero attached hydrogens (tertiary/aromatic N) is 2. The first-order valence-corrected chi connectivity index (χ1v) is 10.9. The lowest BCUT2D eigenvalue weighted by Crippen LogP contribution is -2.26. The van der Waals surface area contributed by atoms with Crippen LogP contribution in [0.1, 0.15) is 16.2 Å². The van der Waals surface area contributed by atoms with Crippen LogP contribution < -0.4 is 14.8 Å². The molecule has 30 heavy (non-hydrogen) atoms. The van der Waals surface area contributed by atoms with E-state index in [4.69, 9.17) is 17.0 Å². The number of rotatable bonds is 8. The lowest BCUT2D eigenvalue weighted by atomic mass is 10.2. The van der Waals surface area contributed by atoms with E-state index in [1.807, 2.05) is 0 Å². The predicted molar refractivity (Wildman–Crippen MR) is 115 cm³/mol. The minimum Gasteiger partial charge on any atom is -0.495 e. The molecule has 9 nitrogen and oxygen atoms in total. The summed E-state index contributed by atoms with van der Waals surface area (Å²) < 4.78 is 35.4. The Bertz CT molecular complexity index is 1220. The normalized spacial score (nSPS) is 11.1. The number of nitrogens with one attached hydrogen (secondary N) is 3. The van der Waals surface area contributed by atoms with Crippen molar-refractivity contribution in [1.82, 2.24) is 20.1 Å². The van der Waals surface area contributed by atoms with Crippen molar-refractivity contribution in [3.63, 3.8) is 0 Å². The Kier molecular flexibility index (Phi) is 6.53. The molecule has 0 saturated heterocycles. The van der Waals surface area contributed by atoms with Gasteiger partial charge in [0.2, 0.25) is 0 Å². The third kappa shape index (κ3) is 4.86. The molecule has 0 spiro atoms. The molecule has 0 aliphatic carbocycles. The van der Waals surface area contributed by atoms with Gasteiger partial charge in [0, 0.05) is 25.6 Å². The topological polar surface area (TPSA) is 118 Å². The van der Waals surface area contributed by atoms with Gasteiger partial charge in [-0.25, -0.2) is 8.42 Å². The standard InChI is InChI=1S/C19H21N5O4S2/c1-24-17(21-22-19(24)29)10-11-20-18(25)13-6-5-7-14(12-13)30(26,27)23-15-8-3-4-9-16(15)28-2/h3-9,12,23H,10-11H2,1-2H3,(H,20,25)(H,22,29). The minimum atomic E-state index is -3.91. The van der Waals surface area contributed by atoms with Gasteiger partial charge in [0.25, 0.3) is 15.9 Å². The Morgan fingerprint density at radius 2 is 2.00 bits per heavy atom. The maximum absolute atomic E-state index is 12.8. The number of H-pyrrole nitrogens is 1. The summed E-state index contributed by atoms with van der Waals surface area (Å²) in [4.78, 5) is 12.4. The molecule has 0 aliphatic heterocycles. The fourth-order valence-electron chi connectivity index (χ4n) is 2.73. The molecule has 3 rings (SSSR count). The molecular formula is C19H21N5O4S2. The average molecular weight is 448 g/mol. The van der Waals surface area contributed by atoms with Crippen LogP contribution in [0.5, 0.6) is 5.75 Å². The highest BCUT2D eigenvalue weighted by Crippen LogP contribution is 2.26. The van der Waals surface area contributed by atoms with E-state index in [1.165, 1.54) is 25.3 Å². The van der Waals surface area contributed by atoms with Crippen LogP contribution in [0.3, 0.4) is 0 Å². The largest absolute Gasteiger partial charge is 0.495 e. The molecule has 11 heteroatoms. The molecular weight excluding hydrogens is 426 g/mol. The van der Waals surface area contributed by atoms with Gasteiger partial charge in [-0.15, -0.1) is 0 Å². The maximum Gasteiger partial charge on any atom is 0.262 e. The summed E-state index contributed by atoms with van der Waals surface area (Å²) in [6.07, 6.45) is 0.475. The molecule has 0 fully saturated rings. The Hall–Kier alpha value is -3.18. The van der Waals surface area contributed by atoms with Crippen molar-refractivity contribution in [2.24, 2.45) is 7.05 Å². The van der Waals surface area contributed by atoms with Crippen LogP contribution in [0.25, 0.3) is 0 Å². The number of ether oxygens (including phenoxy) is 1. The zero-order valence-electron chi connectivity index (χ0n) is 16.4. The highest BCUT2D eigenvalue weighted by atomic mass is 32.2. The highest BCUT2D eigenvalue weighted by Gasteiger charge is 2.18. The molecule has 0 unspecified atom stereocenters. The Morgan fingerprint density at radius 3 is 2.70 bits per heavy atom. The van der Waals surface area contributed by atoms with E-state index in [1.54, 1.807) is 41.9 Å². The van der Waals surface area contributed by atoms with Crippen molar-refractivity contribution in [3.8, 4) is 5.75 Å². The van der Waals surface area contributed by atoms with E-state index in [0.29, 0.717) is 35.0 Å². The highest BCUT2D eigenvalue weighted by molar-refractivity contribution is 7.92. The first-order valence-electron chi connectivity index (χ1n) is 8.96. The van der Waals surface area contributed by atoms with Crippen LogP contribution in [-0.4, -0.2) is 42.7 Å². The fourth-order valence-corrected chi connectivity index (χ4v) is 4.00. The summed E-state index contributed by atoms with van der Waals surface area (Å²) in [5.41, 5.74) is 0.538. The Labute approximate surface area is 179 Å². The third-order valence-corrected chi connectivity index (χ3v) is 6.09. The van der Waals surface area contributed by atoms with Crippen molar-refractivity contribution in [3.05, 3.63) is 64.7 Å². The van der Waals surface area contributed by atoms with Gasteiger partial charge in [0.05, 0.1) is 17.7 Å². The maximum atomic E-state index is 12.8. The second-order valence-electron chi connectivity index (χ2n) is 6.34. The molecule has 0 atom stereocenters. The summed E-state index contributed by atoms with van der Waals surface area (Å²) in [5.74, 6) is 0.711. The quantitative estimate of drug-likeness (QED) is 0.456. The molecule has 3 N–H and O–H groups in total. The molecule has 0 radical (unpaired) electrons. The van der Waals surface area contributed by atoms with Gasteiger partial charge >= 0.3 is 0 Å². The van der Waals surface area contributed by atoms with Crippen LogP contribution in [-0.2, 0) is 23.5 Å². The molecule has 1 amide bonds. The van der Waals surface area contributed by atoms with Crippen LogP contribution in [0.4, 0.5) is 5.69 Å². The van der Waals surface area contributed by atoms with Gasteiger partial charge in [-0.1, -0.05) is 18.2 Å². The van der Waals surface area contributed by atoms with Gasteiger partial charge in [-0.3, -0.25) is 14.6 Å². The molecule has 2 aromatic carbocycles. The number of anilines is 1. The number of benzene rings is 2. The lowest BCUT2D eigenvalue weighted by Gasteiger charge is -2.12. The summed E-state index contributed by atoms with van der Waals surface area (Å²) >= 11 is 5.05. The van der Waals surface area contributed by atoms with Crippen molar-refractivity contribution in [1.29, 1.82) is 0 Å². The number of para-hydroxylation sites is 2. The Morgan fingerprint density at radius 1 is 1.23 bits per heavy atom. The van der Waals surface area contributed by atoms with E-state index < -0.39 is 10.0 Å². The van der Waals surface area contributed by atoms with Crippen LogP contribution in [0, 0.1) is 4.77 Å². The van der Waals surface area contributed by atoms with E-state index in [0.717, 1.165) is 0 Å². The van der Waals surface area contributed by atoms with E-state index in [9.17, 15) is 13.2 Å². The van der Waals surface area contributed by atoms with Gasteiger partial charge in [0.15, 0.2) is 4.77 Å². The van der Waals surface area contributed by atoms with Gasteiger partial charge in [0.1, 0.15) is 11.6 Å². The smallest absolute Gasteiger partial charge is 0.262 e. The molecule has 0 bridgehead atoms. The second-order valence-corrected chi connectivity index (χ2v) is 8.41. The zero-order chi connectivity index (χ0) is 21.7. The molecule has 0 saturated carbocycles. The number of aromatic nitrogens is 3. The third-order valence-electron chi connectivity index (χ3n) is 4.36. The van der Waals surface area contributed by atoms with Crippen molar-refractivity contribution in [2.45, 2.75) is 11.3 Å². The predicted octanol–water partition coefficient (Wildman–Crippen LogP) is 2.26. The number of hydrogen-bond donors (Lipinski definition) is 3. The summed E-state index contributed by atoms with van der Waals surface area (Å²) in [5, 5.41) is 9.52. The SMILES string of the molecule is COc1ccccc1NS(=O)(=O)c1cccc(C(=O)NCCc2n[nH]c(=S)n2C)c1. The average Bonchev–Trinajstić information content (AvgIpc) is 3.06. The molecule has 1 heterocycles. The molecule has 1 aromatic heterocycles. The number of hydrogen-bond acceptors (Lipinski definition) is 6. The summed E-state index contributed by atoms with van der Waals surface area (Å²) in [7, 11) is -0.669. The van der Waals surface area contributed by atoms with Crippen LogP contribution >= 0.6 is 12.2 Å². The van der Waals surface area contributed by atoms with Gasteiger partial charge in [-0.05, 0) is 42.5 Å². The summed E-state index contributed by atoms with van der Waals surface area (Å²) in [6.45, 7) is 0.322. The second kappa shape index (κ2) is 9.09. The summed E-state index contributed by atoms with van der Waals surface area (Å²) in [6, 6.07) is 12.5. The minimum absolute atomic E-state index is 0.0319. The number of methoxy groups -OCH3 is 1. The number of amides is 1. The van der Waals surface area contributed by atoms with Crippen LogP contribution in [0.2, 0.25) is 0 Å². The number of aromatic amines is 1. The number of carbonyl (C=O) groups is 1. The van der Waals surface area contributed by atoms with Gasteiger partial charge < -0.3 is 14.6 Å². The molecule has 158 valence electrons. The van der Waals surface area contributed by atoms with E-state index in [2.05, 4.69) is 20.2 Å². The number of sulfonamides is 1. The lowest BCUT2D eigenvalue weighted by molar-refractivity contribution is 0.0953. The fraction of sp³-hybridized carbons (Fsp3) is 0.211. The van der Waals surface area contributed by atoms with Crippen molar-refractivity contribution in [2.75, 3.05) is 18.4 Å². The van der Waals surface area contributed by atoms with Crippen molar-refractivity contribution >= 4 is 33.8 Å². The van der Waals surface area contributed by atoms with Crippen LogP contribution in [0.15, 0.2) is 53.4 Å². The van der Waals surface area contributed by atoms with Crippen molar-refractivity contribution < 1.29 is 17.9 Å². The molecule has 3 aromatic rings. The molecule has 0 aliphatic rings. The number of carbonyl (C=O) groups excluding carboxylic acids is 1. The van der Waals surface area contributed by atoms with Gasteiger partial charge in [-0.2, -0.15) is 5.10 Å².